The fourth-order valence-corrected chi connectivity index (χ4v) is 6.10. The lowest BCUT2D eigenvalue weighted by molar-refractivity contribution is 0.386. The Morgan fingerprint density at radius 2 is 2.00 bits per heavy atom. The molecule has 0 spiro atoms. The summed E-state index contributed by atoms with van der Waals surface area (Å²) in [5.74, 6) is 2.52. The number of pyridine rings is 1. The van der Waals surface area contributed by atoms with Gasteiger partial charge in [-0.25, -0.2) is 0 Å². The van der Waals surface area contributed by atoms with Gasteiger partial charge >= 0.3 is 0 Å². The Morgan fingerprint density at radius 3 is 2.71 bits per heavy atom. The van der Waals surface area contributed by atoms with Gasteiger partial charge in [0.05, 0.1) is 23.8 Å². The van der Waals surface area contributed by atoms with Gasteiger partial charge in [-0.2, -0.15) is 15.3 Å². The monoisotopic (exact) mass is 473 g/mol. The van der Waals surface area contributed by atoms with Crippen LogP contribution in [-0.2, 0) is 13.6 Å². The second kappa shape index (κ2) is 7.73. The summed E-state index contributed by atoms with van der Waals surface area (Å²) in [4.78, 5) is 16.0. The Bertz CT molecular complexity index is 1430. The molecule has 1 aliphatic heterocycles. The summed E-state index contributed by atoms with van der Waals surface area (Å²) in [5.41, 5.74) is 8.56. The molecular formula is C25H31N9O. The van der Waals surface area contributed by atoms with Crippen LogP contribution in [0.1, 0.15) is 44.6 Å². The number of H-pyrrole nitrogens is 1. The highest BCUT2D eigenvalue weighted by Crippen LogP contribution is 2.52. The van der Waals surface area contributed by atoms with Crippen molar-refractivity contribution in [1.82, 2.24) is 34.3 Å². The fourth-order valence-electron chi connectivity index (χ4n) is 6.10. The molecule has 10 heteroatoms. The number of nitrogens with zero attached hydrogens (tertiary/aromatic N) is 7. The molecule has 35 heavy (non-hydrogen) atoms. The van der Waals surface area contributed by atoms with Crippen LogP contribution in [0, 0.1) is 11.8 Å². The van der Waals surface area contributed by atoms with E-state index in [4.69, 9.17) is 10.8 Å². The third-order valence-electron chi connectivity index (χ3n) is 8.07. The van der Waals surface area contributed by atoms with Crippen molar-refractivity contribution in [3.05, 3.63) is 41.1 Å². The summed E-state index contributed by atoms with van der Waals surface area (Å²) < 4.78 is 5.92. The standard InChI is InChI=1S/C25H31N9O/c1-31-20(33-11-2-4-17(33)13-32-10-3-9-27-32)12-19(30-31)18-14-34(23(15-5-6-15)16-7-8-16)25(35)21-22(18)28-29-24(21)26/h3,9-10,12,14-17,23H,2,4-8,11,13H2,1H3,(H3,26,28,29)/t17-/m0/s1. The fraction of sp³-hybridized carbons (Fsp3) is 0.520. The van der Waals surface area contributed by atoms with Gasteiger partial charge in [0, 0.05) is 49.9 Å². The molecule has 3 fully saturated rings. The smallest absolute Gasteiger partial charge is 0.264 e. The maximum atomic E-state index is 13.6. The summed E-state index contributed by atoms with van der Waals surface area (Å²) in [7, 11) is 1.99. The Morgan fingerprint density at radius 1 is 1.20 bits per heavy atom. The summed E-state index contributed by atoms with van der Waals surface area (Å²) in [6, 6.07) is 4.73. The van der Waals surface area contributed by atoms with Crippen molar-refractivity contribution in [2.45, 2.75) is 57.2 Å². The predicted molar refractivity (Wildman–Crippen MR) is 134 cm³/mol. The highest BCUT2D eigenvalue weighted by atomic mass is 16.1. The largest absolute Gasteiger partial charge is 0.382 e. The number of nitrogen functional groups attached to an aromatic ring is 1. The second-order valence-electron chi connectivity index (χ2n) is 10.5. The molecule has 1 atom stereocenters. The van der Waals surface area contributed by atoms with Crippen LogP contribution in [0.4, 0.5) is 11.6 Å². The lowest BCUT2D eigenvalue weighted by Crippen LogP contribution is -2.34. The van der Waals surface area contributed by atoms with E-state index in [0.29, 0.717) is 28.8 Å². The number of aromatic amines is 1. The summed E-state index contributed by atoms with van der Waals surface area (Å²) in [6.07, 6.45) is 12.9. The van der Waals surface area contributed by atoms with Gasteiger partial charge in [-0.15, -0.1) is 0 Å². The van der Waals surface area contributed by atoms with Crippen molar-refractivity contribution in [3.63, 3.8) is 0 Å². The van der Waals surface area contributed by atoms with Crippen molar-refractivity contribution < 1.29 is 0 Å². The van der Waals surface area contributed by atoms with Crippen LogP contribution in [0.2, 0.25) is 0 Å². The second-order valence-corrected chi connectivity index (χ2v) is 10.5. The number of hydrogen-bond donors (Lipinski definition) is 2. The van der Waals surface area contributed by atoms with Crippen molar-refractivity contribution in [1.29, 1.82) is 0 Å². The van der Waals surface area contributed by atoms with E-state index in [1.807, 2.05) is 45.6 Å². The lowest BCUT2D eigenvalue weighted by atomic mass is 10.0. The molecule has 0 amide bonds. The highest BCUT2D eigenvalue weighted by molar-refractivity contribution is 5.97. The highest BCUT2D eigenvalue weighted by Gasteiger charge is 2.43. The topological polar surface area (TPSA) is 116 Å². The number of nitrogens with two attached hydrogens (primary N) is 1. The Hall–Kier alpha value is -3.56. The Kier molecular flexibility index (Phi) is 4.59. The number of aromatic nitrogens is 7. The molecule has 2 aliphatic carbocycles. The Balaban J connectivity index is 1.31. The molecule has 5 heterocycles. The first-order valence-electron chi connectivity index (χ1n) is 12.8. The molecule has 10 nitrogen and oxygen atoms in total. The molecular weight excluding hydrogens is 442 g/mol. The molecule has 0 bridgehead atoms. The third kappa shape index (κ3) is 3.45. The van der Waals surface area contributed by atoms with Crippen LogP contribution in [0.3, 0.4) is 0 Å². The van der Waals surface area contributed by atoms with Crippen molar-refractivity contribution in [3.8, 4) is 11.3 Å². The van der Waals surface area contributed by atoms with Crippen LogP contribution in [-0.4, -0.2) is 46.9 Å². The molecule has 1 saturated heterocycles. The maximum absolute atomic E-state index is 13.6. The van der Waals surface area contributed by atoms with Gasteiger partial charge in [0.2, 0.25) is 0 Å². The van der Waals surface area contributed by atoms with Crippen LogP contribution < -0.4 is 16.2 Å². The molecule has 4 aromatic heterocycles. The van der Waals surface area contributed by atoms with E-state index in [0.717, 1.165) is 43.0 Å². The average Bonchev–Trinajstić information content (AvgIpc) is 3.65. The SMILES string of the molecule is Cn1nc(-c2cn(C(C3CC3)C3CC3)c(=O)c3c(N)n[nH]c23)cc1N1CCC[C@H]1Cn1cccn1. The number of anilines is 2. The molecule has 0 unspecified atom stereocenters. The predicted octanol–water partition coefficient (Wildman–Crippen LogP) is 2.93. The van der Waals surface area contributed by atoms with Crippen LogP contribution in [0.25, 0.3) is 22.2 Å². The summed E-state index contributed by atoms with van der Waals surface area (Å²) in [6.45, 7) is 1.84. The quantitative estimate of drug-likeness (QED) is 0.426. The maximum Gasteiger partial charge on any atom is 0.264 e. The summed E-state index contributed by atoms with van der Waals surface area (Å²) >= 11 is 0. The van der Waals surface area contributed by atoms with E-state index in [9.17, 15) is 4.79 Å². The number of nitrogens with one attached hydrogen (secondary N) is 1. The van der Waals surface area contributed by atoms with E-state index in [1.54, 1.807) is 0 Å². The lowest BCUT2D eigenvalue weighted by Gasteiger charge is -2.26. The molecule has 3 aliphatic rings. The van der Waals surface area contributed by atoms with E-state index in [-0.39, 0.29) is 17.4 Å². The Labute approximate surface area is 202 Å². The average molecular weight is 474 g/mol. The van der Waals surface area contributed by atoms with E-state index in [2.05, 4.69) is 26.3 Å². The number of aryl methyl sites for hydroxylation is 1. The van der Waals surface area contributed by atoms with E-state index in [1.165, 1.54) is 25.7 Å². The first kappa shape index (κ1) is 20.8. The zero-order valence-electron chi connectivity index (χ0n) is 20.0. The molecule has 182 valence electrons. The van der Waals surface area contributed by atoms with Gasteiger partial charge in [0.25, 0.3) is 5.56 Å². The van der Waals surface area contributed by atoms with E-state index < -0.39 is 0 Å². The first-order valence-corrected chi connectivity index (χ1v) is 12.8. The van der Waals surface area contributed by atoms with Gasteiger partial charge in [0.1, 0.15) is 11.2 Å². The molecule has 0 aromatic carbocycles. The minimum atomic E-state index is -0.0335. The number of rotatable bonds is 7. The number of hydrogen-bond acceptors (Lipinski definition) is 6. The van der Waals surface area contributed by atoms with Gasteiger partial charge < -0.3 is 15.2 Å². The number of fused-ring (bicyclic) bond motifs is 1. The molecule has 2 saturated carbocycles. The zero-order valence-corrected chi connectivity index (χ0v) is 20.0. The normalized spacial score (nSPS) is 20.5. The molecule has 7 rings (SSSR count). The molecule has 4 aromatic rings. The van der Waals surface area contributed by atoms with E-state index >= 15 is 0 Å². The van der Waals surface area contributed by atoms with Crippen molar-refractivity contribution in [2.75, 3.05) is 17.2 Å². The minimum absolute atomic E-state index is 0.0335. The molecule has 0 radical (unpaired) electrons. The van der Waals surface area contributed by atoms with Crippen LogP contribution in [0.15, 0.2) is 35.5 Å². The minimum Gasteiger partial charge on any atom is -0.382 e. The van der Waals surface area contributed by atoms with Gasteiger partial charge in [-0.1, -0.05) is 0 Å². The first-order chi connectivity index (χ1) is 17.1. The van der Waals surface area contributed by atoms with Crippen LogP contribution in [0.5, 0.6) is 0 Å². The van der Waals surface area contributed by atoms with Gasteiger partial charge in [-0.3, -0.25) is 19.3 Å². The zero-order chi connectivity index (χ0) is 23.7. The van der Waals surface area contributed by atoms with Crippen molar-refractivity contribution >= 4 is 22.5 Å². The van der Waals surface area contributed by atoms with Crippen LogP contribution >= 0.6 is 0 Å². The van der Waals surface area contributed by atoms with Crippen molar-refractivity contribution in [2.24, 2.45) is 18.9 Å². The van der Waals surface area contributed by atoms with Gasteiger partial charge in [0.15, 0.2) is 5.82 Å². The summed E-state index contributed by atoms with van der Waals surface area (Å²) in [5, 5.41) is 17.0. The third-order valence-corrected chi connectivity index (χ3v) is 8.07. The van der Waals surface area contributed by atoms with Gasteiger partial charge in [-0.05, 0) is 56.4 Å². The molecule has 3 N–H and O–H groups in total.